The molecule has 7 nitrogen and oxygen atoms in total. The minimum Gasteiger partial charge on any atom is -0.382 e. The molecule has 0 spiro atoms. The number of allylic oxidation sites excluding steroid dienone is 2. The number of ether oxygens (including phenoxy) is 3. The zero-order chi connectivity index (χ0) is 27.0. The van der Waals surface area contributed by atoms with Gasteiger partial charge in [-0.25, -0.2) is 4.98 Å². The smallest absolute Gasteiger partial charge is 0.291 e. The molecule has 2 N–H and O–H groups in total. The van der Waals surface area contributed by atoms with Crippen LogP contribution in [0.3, 0.4) is 0 Å². The quantitative estimate of drug-likeness (QED) is 0.439. The minimum absolute atomic E-state index is 0.204. The predicted molar refractivity (Wildman–Crippen MR) is 148 cm³/mol. The van der Waals surface area contributed by atoms with Crippen LogP contribution < -0.4 is 5.32 Å². The van der Waals surface area contributed by atoms with Crippen LogP contribution >= 0.6 is 0 Å². The van der Waals surface area contributed by atoms with E-state index < -0.39 is 0 Å². The third kappa shape index (κ3) is 5.31. The van der Waals surface area contributed by atoms with Crippen molar-refractivity contribution in [3.63, 3.8) is 0 Å². The summed E-state index contributed by atoms with van der Waals surface area (Å²) < 4.78 is 17.9. The summed E-state index contributed by atoms with van der Waals surface area (Å²) in [6, 6.07) is 6.47. The van der Waals surface area contributed by atoms with Crippen LogP contribution in [0, 0.1) is 17.8 Å². The number of benzene rings is 1. The summed E-state index contributed by atoms with van der Waals surface area (Å²) in [5, 5.41) is 3.09. The molecule has 2 aliphatic heterocycles. The second-order valence-corrected chi connectivity index (χ2v) is 12.1. The highest BCUT2D eigenvalue weighted by molar-refractivity contribution is 6.03. The van der Waals surface area contributed by atoms with Gasteiger partial charge in [0.05, 0.1) is 24.4 Å². The van der Waals surface area contributed by atoms with Crippen molar-refractivity contribution >= 4 is 17.2 Å². The van der Waals surface area contributed by atoms with E-state index >= 15 is 0 Å². The van der Waals surface area contributed by atoms with E-state index in [1.165, 1.54) is 11.1 Å². The highest BCUT2D eigenvalue weighted by Gasteiger charge is 2.55. The van der Waals surface area contributed by atoms with E-state index in [0.717, 1.165) is 56.2 Å². The number of nitrogens with one attached hydrogen (secondary N) is 2. The number of carbonyl (C=O) groups excluding carboxylic acids is 1. The average molecular weight is 518 g/mol. The molecule has 0 saturated carbocycles. The van der Waals surface area contributed by atoms with E-state index in [4.69, 9.17) is 20.6 Å². The maximum Gasteiger partial charge on any atom is 0.291 e. The number of anilines is 1. The fourth-order valence-corrected chi connectivity index (χ4v) is 6.56. The largest absolute Gasteiger partial charge is 0.382 e. The predicted octanol–water partition coefficient (Wildman–Crippen LogP) is 5.70. The van der Waals surface area contributed by atoms with E-state index in [9.17, 15) is 4.79 Å². The zero-order valence-corrected chi connectivity index (χ0v) is 23.0. The fourth-order valence-electron chi connectivity index (χ4n) is 6.56. The lowest BCUT2D eigenvalue weighted by Crippen LogP contribution is -2.48. The van der Waals surface area contributed by atoms with Crippen LogP contribution in [-0.2, 0) is 14.2 Å². The molecule has 1 aromatic carbocycles. The number of hydrogen-bond donors (Lipinski definition) is 2. The number of imidazole rings is 1. The molecule has 202 valence electrons. The number of aromatic nitrogens is 2. The van der Waals surface area contributed by atoms with Gasteiger partial charge in [-0.15, -0.1) is 6.42 Å². The molecule has 2 fully saturated rings. The Morgan fingerprint density at radius 3 is 2.47 bits per heavy atom. The van der Waals surface area contributed by atoms with Crippen molar-refractivity contribution in [3.05, 3.63) is 53.1 Å². The zero-order valence-electron chi connectivity index (χ0n) is 23.0. The van der Waals surface area contributed by atoms with Crippen molar-refractivity contribution < 1.29 is 19.0 Å². The number of carbonyl (C=O) groups is 1. The first-order valence-electron chi connectivity index (χ1n) is 13.5. The number of nitrogens with zero attached hydrogens (tertiary/aromatic N) is 1. The number of hydrogen-bond acceptors (Lipinski definition) is 5. The molecule has 3 atom stereocenters. The Labute approximate surface area is 225 Å². The van der Waals surface area contributed by atoms with Gasteiger partial charge in [0, 0.05) is 31.7 Å². The number of terminal acetylenes is 1. The standard InChI is InChI=1S/C31H39N3O4/c1-6-24-18-32-27(33-24)28(35)34-26-8-7-22(15-25(26)21-9-11-29(2,3)12-10-21)23-16-30(19-36-4)13-14-31(17-23,38-30)20-37-5/h1,7-9,15,18,23H,10-14,16-17,19-20H2,2-5H3,(H,32,33)(H,34,35)/t23-,30+,31-. The van der Waals surface area contributed by atoms with Crippen LogP contribution in [0.15, 0.2) is 30.5 Å². The number of fused-ring (bicyclic) bond motifs is 2. The maximum absolute atomic E-state index is 13.1. The number of H-pyrrole nitrogens is 1. The summed E-state index contributed by atoms with van der Waals surface area (Å²) in [5.41, 5.74) is 4.53. The third-order valence-corrected chi connectivity index (χ3v) is 8.54. The molecule has 38 heavy (non-hydrogen) atoms. The van der Waals surface area contributed by atoms with Gasteiger partial charge in [-0.1, -0.05) is 26.0 Å². The van der Waals surface area contributed by atoms with E-state index in [1.807, 2.05) is 6.07 Å². The highest BCUT2D eigenvalue weighted by atomic mass is 16.6. The Morgan fingerprint density at radius 1 is 1.18 bits per heavy atom. The first-order chi connectivity index (χ1) is 18.2. The Balaban J connectivity index is 1.49. The second kappa shape index (κ2) is 10.3. The Hall–Kier alpha value is -2.92. The van der Waals surface area contributed by atoms with Crippen molar-refractivity contribution in [3.8, 4) is 12.3 Å². The van der Waals surface area contributed by atoms with E-state index in [2.05, 4.69) is 53.3 Å². The molecular weight excluding hydrogens is 478 g/mol. The normalized spacial score (nSPS) is 28.0. The third-order valence-electron chi connectivity index (χ3n) is 8.54. The van der Waals surface area contributed by atoms with Crippen molar-refractivity contribution in [2.24, 2.45) is 5.41 Å². The molecule has 3 heterocycles. The SMILES string of the molecule is C#Cc1c[nH]c(C(=O)Nc2ccc([C@H]3C[C@@]4(COC)CC[C@@](COC)(C3)O4)cc2C2=CCC(C)(C)CC2)n1. The molecule has 0 unspecified atom stereocenters. The van der Waals surface area contributed by atoms with Gasteiger partial charge in [-0.2, -0.15) is 0 Å². The molecule has 3 aliphatic rings. The van der Waals surface area contributed by atoms with Gasteiger partial charge >= 0.3 is 0 Å². The minimum atomic E-state index is -0.306. The summed E-state index contributed by atoms with van der Waals surface area (Å²) >= 11 is 0. The molecule has 2 bridgehead atoms. The van der Waals surface area contributed by atoms with Crippen LogP contribution in [-0.4, -0.2) is 54.5 Å². The van der Waals surface area contributed by atoms with Crippen molar-refractivity contribution in [2.75, 3.05) is 32.8 Å². The topological polar surface area (TPSA) is 85.5 Å². The molecular formula is C31H39N3O4. The molecule has 1 aromatic heterocycles. The van der Waals surface area contributed by atoms with Gasteiger partial charge < -0.3 is 24.5 Å². The van der Waals surface area contributed by atoms with E-state index in [1.54, 1.807) is 20.4 Å². The molecule has 7 heteroatoms. The van der Waals surface area contributed by atoms with Crippen molar-refractivity contribution in [2.45, 2.75) is 75.9 Å². The first kappa shape index (κ1) is 26.7. The number of amides is 1. The number of aromatic amines is 1. The van der Waals surface area contributed by atoms with Crippen molar-refractivity contribution in [1.82, 2.24) is 9.97 Å². The summed E-state index contributed by atoms with van der Waals surface area (Å²) in [6.45, 7) is 5.78. The van der Waals surface area contributed by atoms with Gasteiger partial charge in [0.15, 0.2) is 5.82 Å². The van der Waals surface area contributed by atoms with Gasteiger partial charge in [-0.3, -0.25) is 4.79 Å². The Morgan fingerprint density at radius 2 is 1.89 bits per heavy atom. The van der Waals surface area contributed by atoms with Gasteiger partial charge in [0.1, 0.15) is 5.69 Å². The van der Waals surface area contributed by atoms with Crippen molar-refractivity contribution in [1.29, 1.82) is 0 Å². The van der Waals surface area contributed by atoms with Crippen LogP contribution in [0.4, 0.5) is 5.69 Å². The number of methoxy groups -OCH3 is 2. The average Bonchev–Trinajstić information content (AvgIpc) is 3.47. The van der Waals surface area contributed by atoms with Gasteiger partial charge in [0.2, 0.25) is 0 Å². The second-order valence-electron chi connectivity index (χ2n) is 12.1. The molecule has 1 amide bonds. The summed E-state index contributed by atoms with van der Waals surface area (Å²) in [4.78, 5) is 20.1. The Bertz CT molecular complexity index is 1250. The summed E-state index contributed by atoms with van der Waals surface area (Å²) in [7, 11) is 3.49. The Kier molecular flexibility index (Phi) is 7.25. The van der Waals surface area contributed by atoms with E-state index in [0.29, 0.717) is 24.8 Å². The molecule has 1 aliphatic carbocycles. The lowest BCUT2D eigenvalue weighted by atomic mass is 9.75. The van der Waals surface area contributed by atoms with Crippen LogP contribution in [0.25, 0.3) is 5.57 Å². The van der Waals surface area contributed by atoms with Crippen LogP contribution in [0.2, 0.25) is 0 Å². The summed E-state index contributed by atoms with van der Waals surface area (Å²) in [5.74, 6) is 2.66. The first-order valence-corrected chi connectivity index (χ1v) is 13.5. The highest BCUT2D eigenvalue weighted by Crippen LogP contribution is 2.54. The molecule has 2 aromatic rings. The monoisotopic (exact) mass is 517 g/mol. The molecule has 0 radical (unpaired) electrons. The van der Waals surface area contributed by atoms with E-state index in [-0.39, 0.29) is 28.3 Å². The van der Waals surface area contributed by atoms with Gasteiger partial charge in [0.25, 0.3) is 5.91 Å². The lowest BCUT2D eigenvalue weighted by molar-refractivity contribution is -0.184. The lowest BCUT2D eigenvalue weighted by Gasteiger charge is -2.44. The molecule has 2 saturated heterocycles. The van der Waals surface area contributed by atoms with Crippen LogP contribution in [0.5, 0.6) is 0 Å². The number of rotatable bonds is 8. The van der Waals surface area contributed by atoms with Gasteiger partial charge in [-0.05, 0) is 85.5 Å². The maximum atomic E-state index is 13.1. The fraction of sp³-hybridized carbons (Fsp3) is 0.548. The molecule has 5 rings (SSSR count). The summed E-state index contributed by atoms with van der Waals surface area (Å²) in [6.07, 6.45) is 16.2. The van der Waals surface area contributed by atoms with Crippen LogP contribution in [0.1, 0.15) is 92.2 Å².